The number of phenolic OH excluding ortho intramolecular Hbond substituents is 1. The van der Waals surface area contributed by atoms with Gasteiger partial charge in [0.15, 0.2) is 5.82 Å². The first-order valence-corrected chi connectivity index (χ1v) is 8.32. The van der Waals surface area contributed by atoms with E-state index in [1.807, 2.05) is 19.1 Å². The minimum absolute atomic E-state index is 0.0170. The Morgan fingerprint density at radius 3 is 2.83 bits per heavy atom. The fourth-order valence-corrected chi connectivity index (χ4v) is 3.70. The summed E-state index contributed by atoms with van der Waals surface area (Å²) < 4.78 is 2.07. The van der Waals surface area contributed by atoms with Crippen molar-refractivity contribution in [2.75, 3.05) is 0 Å². The minimum Gasteiger partial charge on any atom is -0.508 e. The second kappa shape index (κ2) is 5.76. The Morgan fingerprint density at radius 2 is 2.04 bits per heavy atom. The lowest BCUT2D eigenvalue weighted by molar-refractivity contribution is 0.459. The number of benzene rings is 1. The van der Waals surface area contributed by atoms with Crippen LogP contribution in [0.3, 0.4) is 0 Å². The van der Waals surface area contributed by atoms with Crippen molar-refractivity contribution < 1.29 is 5.11 Å². The summed E-state index contributed by atoms with van der Waals surface area (Å²) in [7, 11) is 0. The lowest BCUT2D eigenvalue weighted by atomic mass is 9.96. The summed E-state index contributed by atoms with van der Waals surface area (Å²) in [6.45, 7) is 2.59. The molecular weight excluding hydrogens is 347 g/mol. The van der Waals surface area contributed by atoms with Gasteiger partial charge in [0.25, 0.3) is 0 Å². The number of aromatic hydroxyl groups is 1. The molecule has 0 amide bonds. The van der Waals surface area contributed by atoms with Crippen molar-refractivity contribution in [2.45, 2.75) is 25.8 Å². The van der Waals surface area contributed by atoms with Crippen molar-refractivity contribution in [1.82, 2.24) is 19.7 Å². The topological polar surface area (TPSA) is 63.8 Å². The summed E-state index contributed by atoms with van der Waals surface area (Å²) in [5.41, 5.74) is 2.57. The average Bonchev–Trinajstić information content (AvgIpc) is 3.12. The van der Waals surface area contributed by atoms with Gasteiger partial charge in [-0.05, 0) is 31.2 Å². The van der Waals surface area contributed by atoms with Gasteiger partial charge in [0.1, 0.15) is 11.6 Å². The summed E-state index contributed by atoms with van der Waals surface area (Å²) in [5, 5.41) is 19.7. The maximum Gasteiger partial charge on any atom is 0.164 e. The third-order valence-electron chi connectivity index (χ3n) is 4.33. The number of rotatable bonds is 2. The van der Waals surface area contributed by atoms with E-state index in [0.29, 0.717) is 28.6 Å². The van der Waals surface area contributed by atoms with Crippen LogP contribution in [0.5, 0.6) is 5.75 Å². The molecule has 1 aliphatic rings. The van der Waals surface area contributed by atoms with Gasteiger partial charge < -0.3 is 9.67 Å². The summed E-state index contributed by atoms with van der Waals surface area (Å²) in [4.78, 5) is 4.22. The maximum atomic E-state index is 10.2. The van der Waals surface area contributed by atoms with Crippen LogP contribution >= 0.6 is 23.2 Å². The van der Waals surface area contributed by atoms with Crippen LogP contribution in [0.4, 0.5) is 0 Å². The molecule has 0 radical (unpaired) electrons. The Morgan fingerprint density at radius 1 is 1.21 bits per heavy atom. The van der Waals surface area contributed by atoms with Crippen molar-refractivity contribution in [2.24, 2.45) is 0 Å². The molecule has 0 saturated heterocycles. The molecule has 122 valence electrons. The molecule has 1 N–H and O–H groups in total. The molecule has 1 aromatic carbocycles. The number of phenols is 1. The van der Waals surface area contributed by atoms with Crippen LogP contribution in [0.25, 0.3) is 11.4 Å². The fraction of sp³-hybridized carbons (Fsp3) is 0.235. The van der Waals surface area contributed by atoms with Crippen molar-refractivity contribution >= 4 is 23.2 Å². The van der Waals surface area contributed by atoms with Gasteiger partial charge in [-0.25, -0.2) is 0 Å². The zero-order chi connectivity index (χ0) is 16.8. The first-order valence-electron chi connectivity index (χ1n) is 7.56. The second-order valence-corrected chi connectivity index (χ2v) is 6.72. The monoisotopic (exact) mass is 360 g/mol. The third kappa shape index (κ3) is 2.44. The maximum absolute atomic E-state index is 10.2. The highest BCUT2D eigenvalue weighted by Crippen LogP contribution is 2.42. The Hall–Kier alpha value is -2.11. The number of hydrogen-bond acceptors (Lipinski definition) is 4. The van der Waals surface area contributed by atoms with Crippen LogP contribution in [0.15, 0.2) is 30.5 Å². The molecule has 0 spiro atoms. The molecule has 2 aromatic heterocycles. The van der Waals surface area contributed by atoms with Crippen molar-refractivity contribution in [3.63, 3.8) is 0 Å². The van der Waals surface area contributed by atoms with E-state index >= 15 is 0 Å². The van der Waals surface area contributed by atoms with E-state index in [4.69, 9.17) is 23.2 Å². The standard InChI is InChI=1S/C17H14Cl2N4O/c1-9-6-10(4-5-20-9)17-22-21-14-7-11(8-23(14)17)15-13(24)3-2-12(18)16(15)19/h2-6,11,24H,7-8H2,1H3/t11-/m1/s1. The second-order valence-electron chi connectivity index (χ2n) is 5.93. The van der Waals surface area contributed by atoms with Crippen molar-refractivity contribution in [1.29, 1.82) is 0 Å². The Kier molecular flexibility index (Phi) is 3.70. The summed E-state index contributed by atoms with van der Waals surface area (Å²) in [5.74, 6) is 1.85. The van der Waals surface area contributed by atoms with E-state index in [1.165, 1.54) is 0 Å². The predicted molar refractivity (Wildman–Crippen MR) is 92.6 cm³/mol. The summed E-state index contributed by atoms with van der Waals surface area (Å²) in [6.07, 6.45) is 2.42. The zero-order valence-electron chi connectivity index (χ0n) is 12.9. The van der Waals surface area contributed by atoms with Crippen molar-refractivity contribution in [3.8, 4) is 17.1 Å². The molecule has 4 rings (SSSR count). The van der Waals surface area contributed by atoms with E-state index in [-0.39, 0.29) is 11.7 Å². The zero-order valence-corrected chi connectivity index (χ0v) is 14.4. The first kappa shape index (κ1) is 15.4. The molecule has 0 fully saturated rings. The molecule has 0 unspecified atom stereocenters. The van der Waals surface area contributed by atoms with Gasteiger partial charge in [-0.2, -0.15) is 0 Å². The molecule has 7 heteroatoms. The molecule has 0 bridgehead atoms. The van der Waals surface area contributed by atoms with Crippen LogP contribution in [-0.4, -0.2) is 24.9 Å². The highest BCUT2D eigenvalue weighted by molar-refractivity contribution is 6.42. The number of nitrogens with zero attached hydrogens (tertiary/aromatic N) is 4. The fourth-order valence-electron chi connectivity index (χ4n) is 3.22. The SMILES string of the molecule is Cc1cc(-c2nnc3n2C[C@H](c2c(O)ccc(Cl)c2Cl)C3)ccn1. The van der Waals surface area contributed by atoms with Gasteiger partial charge in [0.2, 0.25) is 0 Å². The molecule has 3 heterocycles. The molecule has 1 atom stereocenters. The average molecular weight is 361 g/mol. The van der Waals surface area contributed by atoms with E-state index in [2.05, 4.69) is 19.7 Å². The number of pyridine rings is 1. The molecular formula is C17H14Cl2N4O. The normalized spacial score (nSPS) is 16.4. The summed E-state index contributed by atoms with van der Waals surface area (Å²) >= 11 is 12.4. The number of aryl methyl sites for hydroxylation is 1. The third-order valence-corrected chi connectivity index (χ3v) is 5.15. The van der Waals surface area contributed by atoms with Crippen LogP contribution in [0.1, 0.15) is 23.0 Å². The van der Waals surface area contributed by atoms with E-state index in [9.17, 15) is 5.11 Å². The number of halogens is 2. The number of fused-ring (bicyclic) bond motifs is 1. The molecule has 3 aromatic rings. The van der Waals surface area contributed by atoms with Gasteiger partial charge in [0.05, 0.1) is 10.0 Å². The molecule has 5 nitrogen and oxygen atoms in total. The highest BCUT2D eigenvalue weighted by Gasteiger charge is 2.31. The molecule has 0 aliphatic carbocycles. The van der Waals surface area contributed by atoms with Crippen LogP contribution in [0, 0.1) is 6.92 Å². The molecule has 24 heavy (non-hydrogen) atoms. The number of hydrogen-bond donors (Lipinski definition) is 1. The van der Waals surface area contributed by atoms with Gasteiger partial charge in [-0.15, -0.1) is 10.2 Å². The van der Waals surface area contributed by atoms with Crippen LogP contribution in [0.2, 0.25) is 10.0 Å². The van der Waals surface area contributed by atoms with Crippen LogP contribution in [-0.2, 0) is 13.0 Å². The van der Waals surface area contributed by atoms with Gasteiger partial charge in [0, 0.05) is 41.9 Å². The Labute approximate surface area is 148 Å². The molecule has 0 saturated carbocycles. The van der Waals surface area contributed by atoms with E-state index in [0.717, 1.165) is 22.9 Å². The Bertz CT molecular complexity index is 938. The Balaban J connectivity index is 1.73. The van der Waals surface area contributed by atoms with E-state index < -0.39 is 0 Å². The quantitative estimate of drug-likeness (QED) is 0.749. The smallest absolute Gasteiger partial charge is 0.164 e. The molecule has 1 aliphatic heterocycles. The van der Waals surface area contributed by atoms with Gasteiger partial charge in [-0.1, -0.05) is 23.2 Å². The van der Waals surface area contributed by atoms with Gasteiger partial charge >= 0.3 is 0 Å². The van der Waals surface area contributed by atoms with E-state index in [1.54, 1.807) is 18.3 Å². The van der Waals surface area contributed by atoms with Gasteiger partial charge in [-0.3, -0.25) is 4.98 Å². The lowest BCUT2D eigenvalue weighted by Gasteiger charge is -2.15. The first-order chi connectivity index (χ1) is 11.5. The lowest BCUT2D eigenvalue weighted by Crippen LogP contribution is -2.04. The van der Waals surface area contributed by atoms with Crippen molar-refractivity contribution in [3.05, 3.63) is 57.6 Å². The van der Waals surface area contributed by atoms with Crippen LogP contribution < -0.4 is 0 Å². The summed E-state index contributed by atoms with van der Waals surface area (Å²) in [6, 6.07) is 7.08. The predicted octanol–water partition coefficient (Wildman–Crippen LogP) is 4.00. The minimum atomic E-state index is 0.0170. The highest BCUT2D eigenvalue weighted by atomic mass is 35.5. The largest absolute Gasteiger partial charge is 0.508 e. The number of aromatic nitrogens is 4.